The molecule has 0 aliphatic carbocycles. The Balaban J connectivity index is 1.41. The predicted molar refractivity (Wildman–Crippen MR) is 91.5 cm³/mol. The summed E-state index contributed by atoms with van der Waals surface area (Å²) < 4.78 is 5.22. The summed E-state index contributed by atoms with van der Waals surface area (Å²) in [6.45, 7) is 0.646. The summed E-state index contributed by atoms with van der Waals surface area (Å²) in [6, 6.07) is 15.9. The molecule has 23 heavy (non-hydrogen) atoms. The molecule has 5 heteroatoms. The van der Waals surface area contributed by atoms with Crippen molar-refractivity contribution in [3.05, 3.63) is 65.2 Å². The third-order valence-corrected chi connectivity index (χ3v) is 4.41. The van der Waals surface area contributed by atoms with Crippen LogP contribution >= 0.6 is 11.3 Å². The Bertz CT molecular complexity index is 735. The fourth-order valence-electron chi connectivity index (χ4n) is 2.31. The van der Waals surface area contributed by atoms with Gasteiger partial charge in [-0.1, -0.05) is 41.6 Å². The van der Waals surface area contributed by atoms with Crippen LogP contribution in [0.4, 0.5) is 0 Å². The summed E-state index contributed by atoms with van der Waals surface area (Å²) in [7, 11) is 0. The number of carbonyl (C=O) groups excluding carboxylic acids is 1. The number of aromatic nitrogens is 1. The maximum atomic E-state index is 12.0. The fraction of sp³-hybridized carbons (Fsp3) is 0.222. The summed E-state index contributed by atoms with van der Waals surface area (Å²) in [6.07, 6.45) is 3.02. The van der Waals surface area contributed by atoms with E-state index < -0.39 is 0 Å². The molecule has 0 atom stereocenters. The van der Waals surface area contributed by atoms with E-state index in [1.54, 1.807) is 17.4 Å². The van der Waals surface area contributed by atoms with E-state index in [0.717, 1.165) is 24.1 Å². The van der Waals surface area contributed by atoms with Gasteiger partial charge in [0.05, 0.1) is 4.88 Å². The molecule has 4 nitrogen and oxygen atoms in total. The van der Waals surface area contributed by atoms with E-state index in [9.17, 15) is 4.79 Å². The number of rotatable bonds is 7. The number of benzene rings is 1. The van der Waals surface area contributed by atoms with E-state index in [0.29, 0.717) is 18.0 Å². The van der Waals surface area contributed by atoms with Gasteiger partial charge in [-0.15, -0.1) is 11.3 Å². The van der Waals surface area contributed by atoms with E-state index >= 15 is 0 Å². The van der Waals surface area contributed by atoms with Crippen molar-refractivity contribution in [1.29, 1.82) is 0 Å². The molecule has 0 saturated carbocycles. The molecule has 3 rings (SSSR count). The third-order valence-electron chi connectivity index (χ3n) is 3.53. The first-order valence-corrected chi connectivity index (χ1v) is 8.53. The highest BCUT2D eigenvalue weighted by Crippen LogP contribution is 2.24. The molecule has 2 heterocycles. The number of unbranched alkanes of at least 4 members (excludes halogenated alkanes) is 1. The topological polar surface area (TPSA) is 55.1 Å². The Labute approximate surface area is 139 Å². The lowest BCUT2D eigenvalue weighted by Gasteiger charge is -2.03. The molecular weight excluding hydrogens is 308 g/mol. The van der Waals surface area contributed by atoms with Gasteiger partial charge < -0.3 is 9.84 Å². The van der Waals surface area contributed by atoms with Crippen molar-refractivity contribution >= 4 is 17.2 Å². The molecule has 2 aromatic heterocycles. The van der Waals surface area contributed by atoms with Gasteiger partial charge in [0, 0.05) is 12.6 Å². The molecule has 0 aliphatic heterocycles. The average Bonchev–Trinajstić information content (AvgIpc) is 3.26. The van der Waals surface area contributed by atoms with Crippen molar-refractivity contribution < 1.29 is 9.32 Å². The molecule has 1 amide bonds. The quantitative estimate of drug-likeness (QED) is 0.663. The molecule has 0 spiro atoms. The second-order valence-corrected chi connectivity index (χ2v) is 6.20. The summed E-state index contributed by atoms with van der Waals surface area (Å²) in [5, 5.41) is 8.69. The zero-order chi connectivity index (χ0) is 15.9. The van der Waals surface area contributed by atoms with E-state index in [4.69, 9.17) is 4.52 Å². The summed E-state index contributed by atoms with van der Waals surface area (Å²) >= 11 is 1.56. The zero-order valence-electron chi connectivity index (χ0n) is 12.7. The number of amides is 1. The van der Waals surface area contributed by atoms with Gasteiger partial charge in [-0.2, -0.15) is 0 Å². The largest absolute Gasteiger partial charge is 0.355 e. The molecule has 0 fully saturated rings. The Morgan fingerprint density at radius 1 is 1.13 bits per heavy atom. The second kappa shape index (κ2) is 7.74. The minimum absolute atomic E-state index is 0.184. The Kier molecular flexibility index (Phi) is 5.21. The van der Waals surface area contributed by atoms with Crippen molar-refractivity contribution in [2.24, 2.45) is 0 Å². The van der Waals surface area contributed by atoms with Crippen LogP contribution in [0.5, 0.6) is 0 Å². The zero-order valence-corrected chi connectivity index (χ0v) is 13.5. The summed E-state index contributed by atoms with van der Waals surface area (Å²) in [4.78, 5) is 13.0. The van der Waals surface area contributed by atoms with Crippen molar-refractivity contribution in [2.75, 3.05) is 6.54 Å². The van der Waals surface area contributed by atoms with Gasteiger partial charge in [0.25, 0.3) is 5.91 Å². The highest BCUT2D eigenvalue weighted by atomic mass is 32.1. The molecule has 0 bridgehead atoms. The molecule has 118 valence electrons. The molecule has 0 radical (unpaired) electrons. The van der Waals surface area contributed by atoms with Crippen LogP contribution in [0.1, 0.15) is 28.9 Å². The molecular formula is C18H18N2O2S. The Morgan fingerprint density at radius 2 is 2.00 bits per heavy atom. The Hall–Kier alpha value is -2.40. The van der Waals surface area contributed by atoms with Gasteiger partial charge in [-0.05, 0) is 36.3 Å². The van der Waals surface area contributed by atoms with Crippen LogP contribution in [0, 0.1) is 0 Å². The lowest BCUT2D eigenvalue weighted by atomic mass is 10.1. The highest BCUT2D eigenvalue weighted by molar-refractivity contribution is 7.13. The smallest absolute Gasteiger partial charge is 0.273 e. The van der Waals surface area contributed by atoms with Crippen molar-refractivity contribution in [1.82, 2.24) is 10.5 Å². The number of aryl methyl sites for hydroxylation is 1. The second-order valence-electron chi connectivity index (χ2n) is 5.25. The van der Waals surface area contributed by atoms with Crippen LogP contribution in [-0.2, 0) is 6.42 Å². The van der Waals surface area contributed by atoms with Crippen LogP contribution in [0.3, 0.4) is 0 Å². The molecule has 0 aliphatic rings. The van der Waals surface area contributed by atoms with Gasteiger partial charge in [0.1, 0.15) is 0 Å². The summed E-state index contributed by atoms with van der Waals surface area (Å²) in [5.41, 5.74) is 1.66. The fourth-order valence-corrected chi connectivity index (χ4v) is 2.98. The predicted octanol–water partition coefficient (Wildman–Crippen LogP) is 4.16. The van der Waals surface area contributed by atoms with Crippen LogP contribution in [0.15, 0.2) is 58.4 Å². The number of nitrogens with one attached hydrogen (secondary N) is 1. The molecule has 1 aromatic carbocycles. The molecule has 0 unspecified atom stereocenters. The summed E-state index contributed by atoms with van der Waals surface area (Å²) in [5.74, 6) is 0.450. The standard InChI is InChI=1S/C18H18N2O2S/c21-18(15-13-16(22-20-15)17-10-6-12-23-17)19-11-5-4-9-14-7-2-1-3-8-14/h1-3,6-8,10,12-13H,4-5,9,11H2,(H,19,21). The maximum Gasteiger partial charge on any atom is 0.273 e. The number of thiophene rings is 1. The van der Waals surface area contributed by atoms with Crippen LogP contribution in [-0.4, -0.2) is 17.6 Å². The van der Waals surface area contributed by atoms with Gasteiger partial charge >= 0.3 is 0 Å². The first kappa shape index (κ1) is 15.5. The number of hydrogen-bond acceptors (Lipinski definition) is 4. The van der Waals surface area contributed by atoms with E-state index in [-0.39, 0.29) is 5.91 Å². The van der Waals surface area contributed by atoms with Crippen molar-refractivity contribution in [3.63, 3.8) is 0 Å². The normalized spacial score (nSPS) is 10.6. The number of carbonyl (C=O) groups is 1. The Morgan fingerprint density at radius 3 is 2.78 bits per heavy atom. The van der Waals surface area contributed by atoms with Crippen LogP contribution < -0.4 is 5.32 Å². The SMILES string of the molecule is O=C(NCCCCc1ccccc1)c1cc(-c2cccs2)on1. The van der Waals surface area contributed by atoms with E-state index in [2.05, 4.69) is 22.6 Å². The molecule has 3 aromatic rings. The van der Waals surface area contributed by atoms with Gasteiger partial charge in [-0.3, -0.25) is 4.79 Å². The van der Waals surface area contributed by atoms with Crippen molar-refractivity contribution in [3.8, 4) is 10.6 Å². The lowest BCUT2D eigenvalue weighted by molar-refractivity contribution is 0.0944. The van der Waals surface area contributed by atoms with Crippen LogP contribution in [0.2, 0.25) is 0 Å². The van der Waals surface area contributed by atoms with Gasteiger partial charge in [0.15, 0.2) is 11.5 Å². The average molecular weight is 326 g/mol. The van der Waals surface area contributed by atoms with Gasteiger partial charge in [0.2, 0.25) is 0 Å². The molecule has 0 saturated heterocycles. The minimum Gasteiger partial charge on any atom is -0.355 e. The maximum absolute atomic E-state index is 12.0. The third kappa shape index (κ3) is 4.29. The first-order valence-electron chi connectivity index (χ1n) is 7.65. The highest BCUT2D eigenvalue weighted by Gasteiger charge is 2.13. The number of nitrogens with zero attached hydrogens (tertiary/aromatic N) is 1. The first-order chi connectivity index (χ1) is 11.3. The van der Waals surface area contributed by atoms with E-state index in [1.165, 1.54) is 5.56 Å². The van der Waals surface area contributed by atoms with Crippen molar-refractivity contribution in [2.45, 2.75) is 19.3 Å². The van der Waals surface area contributed by atoms with E-state index in [1.807, 2.05) is 35.7 Å². The minimum atomic E-state index is -0.184. The molecule has 1 N–H and O–H groups in total. The van der Waals surface area contributed by atoms with Gasteiger partial charge in [-0.25, -0.2) is 0 Å². The lowest BCUT2D eigenvalue weighted by Crippen LogP contribution is -2.24. The monoisotopic (exact) mass is 326 g/mol. The van der Waals surface area contributed by atoms with Crippen LogP contribution in [0.25, 0.3) is 10.6 Å². The number of hydrogen-bond donors (Lipinski definition) is 1.